The van der Waals surface area contributed by atoms with Gasteiger partial charge in [-0.25, -0.2) is 0 Å². The van der Waals surface area contributed by atoms with Gasteiger partial charge in [0.05, 0.1) is 0 Å². The number of aromatic nitrogens is 1. The van der Waals surface area contributed by atoms with E-state index in [1.165, 1.54) is 12.3 Å². The van der Waals surface area contributed by atoms with E-state index in [2.05, 4.69) is 10.3 Å². The smallest absolute Gasteiger partial charge is 0.261 e. The molecule has 0 saturated heterocycles. The molecule has 0 aliphatic carbocycles. The van der Waals surface area contributed by atoms with E-state index < -0.39 is 5.91 Å². The number of aryl methyl sites for hydroxylation is 1. The molecule has 4 nitrogen and oxygen atoms in total. The number of H-pyrrole nitrogens is 1. The molecule has 1 aromatic carbocycles. The average molecular weight is 277 g/mol. The molecule has 0 unspecified atom stereocenters. The number of halogens is 1. The largest absolute Gasteiger partial charge is 0.364 e. The van der Waals surface area contributed by atoms with Crippen LogP contribution in [-0.2, 0) is 5.88 Å². The number of carbonyl (C=O) groups is 1. The highest BCUT2D eigenvalue weighted by molar-refractivity contribution is 6.17. The summed E-state index contributed by atoms with van der Waals surface area (Å²) in [6.07, 6.45) is 1.41. The van der Waals surface area contributed by atoms with Crippen molar-refractivity contribution in [1.82, 2.24) is 4.98 Å². The third-order valence-electron chi connectivity index (χ3n) is 2.71. The van der Waals surface area contributed by atoms with E-state index in [9.17, 15) is 9.59 Å². The number of benzene rings is 1. The fourth-order valence-corrected chi connectivity index (χ4v) is 1.93. The summed E-state index contributed by atoms with van der Waals surface area (Å²) in [6, 6.07) is 8.60. The molecule has 0 aliphatic rings. The third-order valence-corrected chi connectivity index (χ3v) is 3.00. The summed E-state index contributed by atoms with van der Waals surface area (Å²) < 4.78 is 0. The summed E-state index contributed by atoms with van der Waals surface area (Å²) >= 11 is 5.79. The number of hydrogen-bond donors (Lipinski definition) is 2. The Balaban J connectivity index is 2.28. The van der Waals surface area contributed by atoms with Crippen LogP contribution >= 0.6 is 11.6 Å². The van der Waals surface area contributed by atoms with Crippen LogP contribution in [0.5, 0.6) is 0 Å². The Morgan fingerprint density at radius 1 is 1.37 bits per heavy atom. The van der Waals surface area contributed by atoms with Gasteiger partial charge in [-0.1, -0.05) is 18.2 Å². The third kappa shape index (κ3) is 3.03. The Bertz CT molecular complexity index is 664. The number of alkyl halides is 1. The Labute approximate surface area is 115 Å². The maximum absolute atomic E-state index is 12.0. The van der Waals surface area contributed by atoms with Crippen LogP contribution in [0.2, 0.25) is 0 Å². The molecule has 0 aliphatic heterocycles. The highest BCUT2D eigenvalue weighted by Gasteiger charge is 2.12. The summed E-state index contributed by atoms with van der Waals surface area (Å²) in [6.45, 7) is 1.76. The summed E-state index contributed by atoms with van der Waals surface area (Å²) in [5.41, 5.74) is 1.90. The van der Waals surface area contributed by atoms with Gasteiger partial charge in [-0.15, -0.1) is 11.6 Å². The van der Waals surface area contributed by atoms with Crippen molar-refractivity contribution in [2.45, 2.75) is 12.8 Å². The van der Waals surface area contributed by atoms with E-state index in [1.807, 2.05) is 12.1 Å². The molecular weight excluding hydrogens is 264 g/mol. The van der Waals surface area contributed by atoms with E-state index in [-0.39, 0.29) is 11.0 Å². The van der Waals surface area contributed by atoms with Crippen LogP contribution in [0, 0.1) is 6.92 Å². The second kappa shape index (κ2) is 5.71. The zero-order valence-corrected chi connectivity index (χ0v) is 11.1. The zero-order valence-electron chi connectivity index (χ0n) is 10.4. The first kappa shape index (κ1) is 13.4. The van der Waals surface area contributed by atoms with Crippen molar-refractivity contribution < 1.29 is 4.79 Å². The molecular formula is C14H13ClN2O2. The van der Waals surface area contributed by atoms with Gasteiger partial charge in [0.25, 0.3) is 5.91 Å². The predicted molar refractivity (Wildman–Crippen MR) is 75.8 cm³/mol. The number of nitrogens with one attached hydrogen (secondary N) is 2. The molecule has 2 N–H and O–H groups in total. The zero-order chi connectivity index (χ0) is 13.8. The second-order valence-electron chi connectivity index (χ2n) is 4.14. The van der Waals surface area contributed by atoms with E-state index in [0.717, 1.165) is 5.56 Å². The fourth-order valence-electron chi connectivity index (χ4n) is 1.70. The van der Waals surface area contributed by atoms with Crippen LogP contribution in [0.1, 0.15) is 21.6 Å². The van der Waals surface area contributed by atoms with Crippen molar-refractivity contribution in [3.05, 3.63) is 63.6 Å². The van der Waals surface area contributed by atoms with Crippen LogP contribution in [0.4, 0.5) is 5.69 Å². The van der Waals surface area contributed by atoms with E-state index in [0.29, 0.717) is 17.3 Å². The Morgan fingerprint density at radius 2 is 2.11 bits per heavy atom. The Kier molecular flexibility index (Phi) is 4.02. The molecule has 0 saturated carbocycles. The molecule has 0 radical (unpaired) electrons. The maximum Gasteiger partial charge on any atom is 0.261 e. The van der Waals surface area contributed by atoms with Gasteiger partial charge in [-0.05, 0) is 18.6 Å². The SMILES string of the molecule is Cc1cc(=O)c(C(=O)Nc2ccccc2CCl)c[nH]1. The van der Waals surface area contributed by atoms with Crippen LogP contribution in [0.3, 0.4) is 0 Å². The topological polar surface area (TPSA) is 62.0 Å². The monoisotopic (exact) mass is 276 g/mol. The van der Waals surface area contributed by atoms with E-state index in [1.54, 1.807) is 19.1 Å². The fraction of sp³-hybridized carbons (Fsp3) is 0.143. The summed E-state index contributed by atoms with van der Waals surface area (Å²) in [4.78, 5) is 26.6. The molecule has 0 fully saturated rings. The van der Waals surface area contributed by atoms with Crippen molar-refractivity contribution in [1.29, 1.82) is 0 Å². The number of anilines is 1. The van der Waals surface area contributed by atoms with Crippen molar-refractivity contribution in [3.63, 3.8) is 0 Å². The predicted octanol–water partition coefficient (Wildman–Crippen LogP) is 2.67. The summed E-state index contributed by atoms with van der Waals surface area (Å²) in [7, 11) is 0. The number of hydrogen-bond acceptors (Lipinski definition) is 2. The minimum atomic E-state index is -0.446. The lowest BCUT2D eigenvalue weighted by molar-refractivity contribution is 0.102. The van der Waals surface area contributed by atoms with Gasteiger partial charge in [0, 0.05) is 29.5 Å². The number of amides is 1. The van der Waals surface area contributed by atoms with Gasteiger partial charge in [-0.3, -0.25) is 9.59 Å². The van der Waals surface area contributed by atoms with Crippen LogP contribution in [0.15, 0.2) is 41.3 Å². The van der Waals surface area contributed by atoms with Crippen LogP contribution < -0.4 is 10.7 Å². The molecule has 0 bridgehead atoms. The molecule has 98 valence electrons. The van der Waals surface area contributed by atoms with Crippen molar-refractivity contribution in [2.24, 2.45) is 0 Å². The lowest BCUT2D eigenvalue weighted by Gasteiger charge is -2.08. The molecule has 1 aromatic heterocycles. The van der Waals surface area contributed by atoms with Crippen molar-refractivity contribution in [3.8, 4) is 0 Å². The highest BCUT2D eigenvalue weighted by Crippen LogP contribution is 2.17. The van der Waals surface area contributed by atoms with Gasteiger partial charge >= 0.3 is 0 Å². The first-order chi connectivity index (χ1) is 9.11. The number of para-hydroxylation sites is 1. The van der Waals surface area contributed by atoms with Gasteiger partial charge in [0.2, 0.25) is 0 Å². The number of aromatic amines is 1. The molecule has 19 heavy (non-hydrogen) atoms. The minimum absolute atomic E-state index is 0.0787. The Morgan fingerprint density at radius 3 is 2.79 bits per heavy atom. The maximum atomic E-state index is 12.0. The first-order valence-corrected chi connectivity index (χ1v) is 6.30. The van der Waals surface area contributed by atoms with Gasteiger partial charge in [0.15, 0.2) is 5.43 Å². The number of pyridine rings is 1. The average Bonchev–Trinajstić information content (AvgIpc) is 2.39. The van der Waals surface area contributed by atoms with Crippen LogP contribution in [0.25, 0.3) is 0 Å². The molecule has 1 heterocycles. The Hall–Kier alpha value is -2.07. The second-order valence-corrected chi connectivity index (χ2v) is 4.41. The minimum Gasteiger partial charge on any atom is -0.364 e. The molecule has 0 spiro atoms. The lowest BCUT2D eigenvalue weighted by atomic mass is 10.2. The normalized spacial score (nSPS) is 10.2. The summed E-state index contributed by atoms with van der Waals surface area (Å²) in [5.74, 6) is -0.153. The lowest BCUT2D eigenvalue weighted by Crippen LogP contribution is -2.22. The first-order valence-electron chi connectivity index (χ1n) is 5.76. The summed E-state index contributed by atoms with van der Waals surface area (Å²) in [5, 5.41) is 2.69. The molecule has 2 rings (SSSR count). The number of rotatable bonds is 3. The van der Waals surface area contributed by atoms with E-state index >= 15 is 0 Å². The molecule has 0 atom stereocenters. The van der Waals surface area contributed by atoms with Gasteiger partial charge < -0.3 is 10.3 Å². The van der Waals surface area contributed by atoms with Gasteiger partial charge in [0.1, 0.15) is 5.56 Å². The van der Waals surface area contributed by atoms with Crippen molar-refractivity contribution in [2.75, 3.05) is 5.32 Å². The quantitative estimate of drug-likeness (QED) is 0.847. The molecule has 1 amide bonds. The van der Waals surface area contributed by atoms with Crippen LogP contribution in [-0.4, -0.2) is 10.9 Å². The van der Waals surface area contributed by atoms with E-state index in [4.69, 9.17) is 11.6 Å². The standard InChI is InChI=1S/C14H13ClN2O2/c1-9-6-13(18)11(8-16-9)14(19)17-12-5-3-2-4-10(12)7-15/h2-6,8H,7H2,1H3,(H,16,18)(H,17,19). The number of carbonyl (C=O) groups excluding carboxylic acids is 1. The molecule has 5 heteroatoms. The van der Waals surface area contributed by atoms with Crippen molar-refractivity contribution >= 4 is 23.2 Å². The van der Waals surface area contributed by atoms with Gasteiger partial charge in [-0.2, -0.15) is 0 Å². The highest BCUT2D eigenvalue weighted by atomic mass is 35.5. The molecule has 2 aromatic rings.